The number of rotatable bonds is 4. The predicted molar refractivity (Wildman–Crippen MR) is 63.6 cm³/mol. The van der Waals surface area contributed by atoms with Gasteiger partial charge in [0.1, 0.15) is 0 Å². The topological polar surface area (TPSA) is 0 Å². The standard InChI is InChI=1S/C12H19P/c1-4-5-6-13-12-8-10(2)7-11(3)9-12/h7-9,13H,4-6H2,1-3H3. The first-order valence-electron chi connectivity index (χ1n) is 5.04. The first-order chi connectivity index (χ1) is 6.22. The summed E-state index contributed by atoms with van der Waals surface area (Å²) in [7, 11) is 1.00. The van der Waals surface area contributed by atoms with Gasteiger partial charge in [-0.2, -0.15) is 0 Å². The molecule has 0 saturated heterocycles. The van der Waals surface area contributed by atoms with E-state index in [0.29, 0.717) is 0 Å². The Bertz CT molecular complexity index is 246. The lowest BCUT2D eigenvalue weighted by molar-refractivity contribution is 0.895. The van der Waals surface area contributed by atoms with E-state index in [1.165, 1.54) is 35.4 Å². The molecular formula is C12H19P. The fourth-order valence-corrected chi connectivity index (χ4v) is 2.96. The van der Waals surface area contributed by atoms with Crippen molar-refractivity contribution in [2.24, 2.45) is 0 Å². The van der Waals surface area contributed by atoms with Crippen LogP contribution in [0.15, 0.2) is 18.2 Å². The summed E-state index contributed by atoms with van der Waals surface area (Å²) in [5.74, 6) is 0. The molecule has 13 heavy (non-hydrogen) atoms. The van der Waals surface area contributed by atoms with Crippen LogP contribution in [-0.2, 0) is 0 Å². The van der Waals surface area contributed by atoms with Gasteiger partial charge >= 0.3 is 0 Å². The van der Waals surface area contributed by atoms with Crippen molar-refractivity contribution in [1.29, 1.82) is 0 Å². The Balaban J connectivity index is 2.56. The van der Waals surface area contributed by atoms with Gasteiger partial charge in [-0.05, 0) is 31.7 Å². The number of benzene rings is 1. The van der Waals surface area contributed by atoms with E-state index in [1.54, 1.807) is 0 Å². The average Bonchev–Trinajstić information content (AvgIpc) is 2.03. The minimum Gasteiger partial charge on any atom is -0.0904 e. The van der Waals surface area contributed by atoms with Gasteiger partial charge in [0.05, 0.1) is 0 Å². The lowest BCUT2D eigenvalue weighted by Crippen LogP contribution is -1.97. The second-order valence-electron chi connectivity index (χ2n) is 3.66. The molecule has 72 valence electrons. The van der Waals surface area contributed by atoms with Crippen LogP contribution < -0.4 is 5.30 Å². The maximum absolute atomic E-state index is 2.32. The van der Waals surface area contributed by atoms with Crippen molar-refractivity contribution < 1.29 is 0 Å². The SMILES string of the molecule is CCCCPc1cc(C)cc(C)c1. The predicted octanol–water partition coefficient (Wildman–Crippen LogP) is 3.41. The summed E-state index contributed by atoms with van der Waals surface area (Å²) in [6.07, 6.45) is 4.04. The molecule has 1 rings (SSSR count). The molecule has 1 aromatic rings. The van der Waals surface area contributed by atoms with Gasteiger partial charge in [0.15, 0.2) is 0 Å². The van der Waals surface area contributed by atoms with E-state index < -0.39 is 0 Å². The largest absolute Gasteiger partial charge is 0.0904 e. The van der Waals surface area contributed by atoms with Gasteiger partial charge in [-0.25, -0.2) is 0 Å². The van der Waals surface area contributed by atoms with E-state index in [4.69, 9.17) is 0 Å². The van der Waals surface area contributed by atoms with Crippen LogP contribution in [0.2, 0.25) is 0 Å². The first-order valence-corrected chi connectivity index (χ1v) is 6.25. The number of hydrogen-bond donors (Lipinski definition) is 0. The van der Waals surface area contributed by atoms with Crippen molar-refractivity contribution in [2.45, 2.75) is 33.6 Å². The lowest BCUT2D eigenvalue weighted by Gasteiger charge is -2.04. The van der Waals surface area contributed by atoms with Crippen LogP contribution >= 0.6 is 8.58 Å². The second kappa shape index (κ2) is 5.40. The Morgan fingerprint density at radius 2 is 1.69 bits per heavy atom. The summed E-state index contributed by atoms with van der Waals surface area (Å²) in [4.78, 5) is 0. The van der Waals surface area contributed by atoms with Gasteiger partial charge in [-0.1, -0.05) is 51.3 Å². The molecule has 0 aliphatic rings. The second-order valence-corrected chi connectivity index (χ2v) is 5.09. The minimum absolute atomic E-state index is 1.00. The van der Waals surface area contributed by atoms with E-state index in [1.807, 2.05) is 0 Å². The minimum atomic E-state index is 1.00. The molecule has 0 aliphatic carbocycles. The Kier molecular flexibility index (Phi) is 4.45. The zero-order chi connectivity index (χ0) is 9.68. The van der Waals surface area contributed by atoms with Gasteiger partial charge in [0.2, 0.25) is 0 Å². The van der Waals surface area contributed by atoms with Crippen LogP contribution in [0.3, 0.4) is 0 Å². The number of aryl methyl sites for hydroxylation is 2. The monoisotopic (exact) mass is 194 g/mol. The number of unbranched alkanes of at least 4 members (excludes halogenated alkanes) is 1. The van der Waals surface area contributed by atoms with Crippen LogP contribution in [-0.4, -0.2) is 6.16 Å². The molecule has 0 nitrogen and oxygen atoms in total. The number of hydrogen-bond acceptors (Lipinski definition) is 0. The third-order valence-electron chi connectivity index (χ3n) is 2.08. The van der Waals surface area contributed by atoms with Gasteiger partial charge in [-0.3, -0.25) is 0 Å². The Hall–Kier alpha value is -0.350. The fraction of sp³-hybridized carbons (Fsp3) is 0.500. The van der Waals surface area contributed by atoms with Gasteiger partial charge in [0, 0.05) is 0 Å². The van der Waals surface area contributed by atoms with Crippen molar-refractivity contribution in [1.82, 2.24) is 0 Å². The summed E-state index contributed by atoms with van der Waals surface area (Å²) in [5.41, 5.74) is 2.80. The van der Waals surface area contributed by atoms with Crippen LogP contribution in [0.5, 0.6) is 0 Å². The summed E-state index contributed by atoms with van der Waals surface area (Å²) in [6.45, 7) is 6.62. The first kappa shape index (κ1) is 10.7. The highest BCUT2D eigenvalue weighted by atomic mass is 31.1. The summed E-state index contributed by atoms with van der Waals surface area (Å²) >= 11 is 0. The summed E-state index contributed by atoms with van der Waals surface area (Å²) < 4.78 is 0. The molecule has 1 heteroatoms. The molecule has 0 fully saturated rings. The van der Waals surface area contributed by atoms with Crippen LogP contribution in [0.1, 0.15) is 30.9 Å². The molecule has 1 atom stereocenters. The van der Waals surface area contributed by atoms with Gasteiger partial charge in [0.25, 0.3) is 0 Å². The van der Waals surface area contributed by atoms with Crippen LogP contribution in [0.25, 0.3) is 0 Å². The van der Waals surface area contributed by atoms with E-state index >= 15 is 0 Å². The maximum atomic E-state index is 2.32. The highest BCUT2D eigenvalue weighted by Crippen LogP contribution is 2.14. The molecule has 0 bridgehead atoms. The van der Waals surface area contributed by atoms with Crippen molar-refractivity contribution >= 4 is 13.9 Å². The van der Waals surface area contributed by atoms with E-state index in [9.17, 15) is 0 Å². The molecule has 1 unspecified atom stereocenters. The molecule has 0 aromatic heterocycles. The Morgan fingerprint density at radius 1 is 1.08 bits per heavy atom. The third kappa shape index (κ3) is 3.91. The van der Waals surface area contributed by atoms with Crippen molar-refractivity contribution in [2.75, 3.05) is 6.16 Å². The smallest absolute Gasteiger partial charge is 0.0266 e. The highest BCUT2D eigenvalue weighted by Gasteiger charge is 1.95. The van der Waals surface area contributed by atoms with E-state index in [2.05, 4.69) is 39.0 Å². The zero-order valence-electron chi connectivity index (χ0n) is 8.85. The molecule has 0 heterocycles. The zero-order valence-corrected chi connectivity index (χ0v) is 9.85. The fourth-order valence-electron chi connectivity index (χ4n) is 1.49. The molecule has 0 saturated carbocycles. The molecule has 0 N–H and O–H groups in total. The van der Waals surface area contributed by atoms with Crippen LogP contribution in [0.4, 0.5) is 0 Å². The van der Waals surface area contributed by atoms with Crippen molar-refractivity contribution in [3.8, 4) is 0 Å². The van der Waals surface area contributed by atoms with Gasteiger partial charge in [-0.15, -0.1) is 0 Å². The molecule has 1 aromatic carbocycles. The third-order valence-corrected chi connectivity index (χ3v) is 3.38. The van der Waals surface area contributed by atoms with E-state index in [-0.39, 0.29) is 0 Å². The lowest BCUT2D eigenvalue weighted by atomic mass is 10.2. The molecule has 0 amide bonds. The summed E-state index contributed by atoms with van der Waals surface area (Å²) in [6, 6.07) is 6.88. The molecular weight excluding hydrogens is 175 g/mol. The highest BCUT2D eigenvalue weighted by molar-refractivity contribution is 7.47. The average molecular weight is 194 g/mol. The van der Waals surface area contributed by atoms with Crippen molar-refractivity contribution in [3.63, 3.8) is 0 Å². The van der Waals surface area contributed by atoms with E-state index in [0.717, 1.165) is 8.58 Å². The quantitative estimate of drug-likeness (QED) is 0.509. The molecule has 0 aliphatic heterocycles. The molecule has 0 spiro atoms. The maximum Gasteiger partial charge on any atom is -0.0266 e. The normalized spacial score (nSPS) is 11.3. The summed E-state index contributed by atoms with van der Waals surface area (Å²) in [5, 5.41) is 1.53. The van der Waals surface area contributed by atoms with Crippen LogP contribution in [0, 0.1) is 13.8 Å². The van der Waals surface area contributed by atoms with Gasteiger partial charge < -0.3 is 0 Å². The van der Waals surface area contributed by atoms with Crippen molar-refractivity contribution in [3.05, 3.63) is 29.3 Å². The Labute approximate surface area is 83.5 Å². The molecule has 0 radical (unpaired) electrons. The Morgan fingerprint density at radius 3 is 2.23 bits per heavy atom.